The number of alkyl halides is 3. The van der Waals surface area contributed by atoms with E-state index in [0.717, 1.165) is 0 Å². The molecule has 1 unspecified atom stereocenters. The van der Waals surface area contributed by atoms with E-state index in [1.54, 1.807) is 30.3 Å². The van der Waals surface area contributed by atoms with Crippen molar-refractivity contribution >= 4 is 8.32 Å². The lowest BCUT2D eigenvalue weighted by molar-refractivity contribution is -0.0987. The van der Waals surface area contributed by atoms with Gasteiger partial charge in [-0.1, -0.05) is 39.0 Å². The maximum Gasteiger partial charge on any atom is 0.416 e. The second kappa shape index (κ2) is 7.02. The van der Waals surface area contributed by atoms with Crippen LogP contribution in [0.2, 0.25) is 18.1 Å². The van der Waals surface area contributed by atoms with Crippen LogP contribution in [0.25, 0.3) is 0 Å². The van der Waals surface area contributed by atoms with Crippen LogP contribution >= 0.6 is 0 Å². The van der Waals surface area contributed by atoms with Crippen molar-refractivity contribution in [3.63, 3.8) is 0 Å². The van der Waals surface area contributed by atoms with E-state index >= 15 is 0 Å². The number of rotatable bonds is 4. The highest BCUT2D eigenvalue weighted by Gasteiger charge is 2.43. The van der Waals surface area contributed by atoms with Gasteiger partial charge in [0.05, 0.1) is 18.2 Å². The van der Waals surface area contributed by atoms with E-state index in [-0.39, 0.29) is 17.2 Å². The van der Waals surface area contributed by atoms with Gasteiger partial charge in [0.25, 0.3) is 0 Å². The Bertz CT molecular complexity index is 746. The molecule has 7 heteroatoms. The van der Waals surface area contributed by atoms with E-state index in [1.807, 2.05) is 0 Å². The first-order chi connectivity index (χ1) is 12.2. The average molecular weight is 400 g/mol. The number of allylic oxidation sites excluding steroid dienone is 1. The number of ether oxygens (including phenoxy) is 1. The maximum atomic E-state index is 13.4. The Hall–Kier alpha value is -1.73. The fourth-order valence-electron chi connectivity index (χ4n) is 2.67. The van der Waals surface area contributed by atoms with Gasteiger partial charge in [-0.15, -0.1) is 0 Å². The Balaban J connectivity index is 2.28. The van der Waals surface area contributed by atoms with Crippen molar-refractivity contribution in [2.75, 3.05) is 7.11 Å². The fraction of sp³-hybridized carbons (Fsp3) is 0.500. The molecule has 1 aliphatic carbocycles. The van der Waals surface area contributed by atoms with Crippen LogP contribution in [-0.2, 0) is 10.3 Å². The van der Waals surface area contributed by atoms with Gasteiger partial charge in [-0.3, -0.25) is 0 Å². The summed E-state index contributed by atoms with van der Waals surface area (Å²) in [5, 5.41) is 0.0514. The van der Waals surface area contributed by atoms with E-state index in [9.17, 15) is 13.2 Å². The van der Waals surface area contributed by atoms with Crippen molar-refractivity contribution in [2.45, 2.75) is 57.0 Å². The lowest BCUT2D eigenvalue weighted by Crippen LogP contribution is -2.44. The summed E-state index contributed by atoms with van der Waals surface area (Å²) >= 11 is 0. The third-order valence-electron chi connectivity index (χ3n) is 5.43. The highest BCUT2D eigenvalue weighted by atomic mass is 28.4. The molecule has 0 amide bonds. The molecule has 1 aromatic rings. The Morgan fingerprint density at radius 3 is 2.07 bits per heavy atom. The largest absolute Gasteiger partial charge is 0.544 e. The van der Waals surface area contributed by atoms with Crippen molar-refractivity contribution in [1.29, 1.82) is 0 Å². The summed E-state index contributed by atoms with van der Waals surface area (Å²) in [6, 6.07) is 7.03. The van der Waals surface area contributed by atoms with Crippen molar-refractivity contribution < 1.29 is 22.3 Å². The van der Waals surface area contributed by atoms with Crippen LogP contribution in [0.5, 0.6) is 5.75 Å². The minimum atomic E-state index is -4.49. The monoisotopic (exact) mass is 399 g/mol. The standard InChI is InChI=1S/C20H28F3NO2Si/c1-18(2,3)27(5,6)26-15-9-7-14(8-10-15)19(24)12-11-17(25-4)16(13-19)20(21,22)23/h7-12H,13,24H2,1-6H3. The normalized spacial score (nSPS) is 21.4. The zero-order chi connectivity index (χ0) is 20.7. The van der Waals surface area contributed by atoms with Crippen LogP contribution in [0.1, 0.15) is 32.8 Å². The summed E-state index contributed by atoms with van der Waals surface area (Å²) in [4.78, 5) is 0. The molecular formula is C20H28F3NO2Si. The van der Waals surface area contributed by atoms with E-state index < -0.39 is 25.6 Å². The molecule has 1 aromatic carbocycles. The fourth-order valence-corrected chi connectivity index (χ4v) is 3.71. The number of halogens is 3. The van der Waals surface area contributed by atoms with Crippen molar-refractivity contribution in [1.82, 2.24) is 0 Å². The predicted octanol–water partition coefficient (Wildman–Crippen LogP) is 5.65. The van der Waals surface area contributed by atoms with Gasteiger partial charge in [-0.25, -0.2) is 0 Å². The molecule has 1 aliphatic rings. The van der Waals surface area contributed by atoms with E-state index in [1.165, 1.54) is 13.2 Å². The quantitative estimate of drug-likeness (QED) is 0.666. The van der Waals surface area contributed by atoms with Gasteiger partial charge in [0, 0.05) is 6.42 Å². The van der Waals surface area contributed by atoms with Crippen molar-refractivity contribution in [3.05, 3.63) is 53.3 Å². The molecule has 150 valence electrons. The summed E-state index contributed by atoms with van der Waals surface area (Å²) in [7, 11) is -0.765. The Morgan fingerprint density at radius 2 is 1.63 bits per heavy atom. The zero-order valence-electron chi connectivity index (χ0n) is 16.7. The smallest absolute Gasteiger partial charge is 0.416 e. The Kier molecular flexibility index (Phi) is 5.61. The van der Waals surface area contributed by atoms with Gasteiger partial charge < -0.3 is 14.9 Å². The minimum absolute atomic E-state index is 0.0514. The average Bonchev–Trinajstić information content (AvgIpc) is 2.53. The number of nitrogens with two attached hydrogens (primary N) is 1. The highest BCUT2D eigenvalue weighted by molar-refractivity contribution is 6.74. The molecule has 1 atom stereocenters. The second-order valence-corrected chi connectivity index (χ2v) is 13.2. The Labute approximate surface area is 160 Å². The molecule has 2 rings (SSSR count). The van der Waals surface area contributed by atoms with Crippen molar-refractivity contribution in [2.24, 2.45) is 5.73 Å². The first-order valence-corrected chi connectivity index (χ1v) is 11.7. The number of hydrogen-bond donors (Lipinski definition) is 1. The highest BCUT2D eigenvalue weighted by Crippen LogP contribution is 2.42. The van der Waals surface area contributed by atoms with Crippen molar-refractivity contribution in [3.8, 4) is 5.75 Å². The van der Waals surface area contributed by atoms with Crippen LogP contribution in [0.15, 0.2) is 47.7 Å². The molecule has 0 fully saturated rings. The molecule has 0 spiro atoms. The van der Waals surface area contributed by atoms with E-state index in [2.05, 4.69) is 33.9 Å². The van der Waals surface area contributed by atoms with E-state index in [0.29, 0.717) is 11.3 Å². The lowest BCUT2D eigenvalue weighted by atomic mass is 9.80. The van der Waals surface area contributed by atoms with Crippen LogP contribution < -0.4 is 10.2 Å². The van der Waals surface area contributed by atoms with Gasteiger partial charge in [0.15, 0.2) is 0 Å². The van der Waals surface area contributed by atoms with Gasteiger partial charge in [0.1, 0.15) is 11.5 Å². The molecule has 0 radical (unpaired) electrons. The lowest BCUT2D eigenvalue weighted by Gasteiger charge is -2.37. The number of hydrogen-bond acceptors (Lipinski definition) is 3. The molecule has 3 nitrogen and oxygen atoms in total. The molecule has 0 aliphatic heterocycles. The maximum absolute atomic E-state index is 13.4. The summed E-state index contributed by atoms with van der Waals surface area (Å²) < 4.78 is 51.2. The molecule has 0 saturated carbocycles. The van der Waals surface area contributed by atoms with Crippen LogP contribution in [-0.4, -0.2) is 21.6 Å². The molecule has 0 heterocycles. The minimum Gasteiger partial charge on any atom is -0.544 e. The molecule has 0 bridgehead atoms. The molecule has 27 heavy (non-hydrogen) atoms. The number of methoxy groups -OCH3 is 1. The zero-order valence-corrected chi connectivity index (χ0v) is 17.7. The SMILES string of the molecule is COC1=C(C(F)(F)F)CC(N)(c2ccc(O[Si](C)(C)C(C)(C)C)cc2)C=C1. The molecule has 0 aromatic heterocycles. The van der Waals surface area contributed by atoms with Crippen LogP contribution in [0, 0.1) is 0 Å². The summed E-state index contributed by atoms with van der Waals surface area (Å²) in [6.07, 6.45) is -2.01. The molecule has 2 N–H and O–H groups in total. The van der Waals surface area contributed by atoms with Crippen LogP contribution in [0.3, 0.4) is 0 Å². The second-order valence-electron chi connectivity index (χ2n) is 8.48. The third-order valence-corrected chi connectivity index (χ3v) is 9.79. The third kappa shape index (κ3) is 4.58. The topological polar surface area (TPSA) is 44.5 Å². The van der Waals surface area contributed by atoms with E-state index in [4.69, 9.17) is 14.9 Å². The van der Waals surface area contributed by atoms with Crippen LogP contribution in [0.4, 0.5) is 13.2 Å². The Morgan fingerprint density at radius 1 is 1.07 bits per heavy atom. The first kappa shape index (κ1) is 21.6. The first-order valence-electron chi connectivity index (χ1n) is 8.82. The molecular weight excluding hydrogens is 371 g/mol. The predicted molar refractivity (Wildman–Crippen MR) is 104 cm³/mol. The summed E-state index contributed by atoms with van der Waals surface area (Å²) in [6.45, 7) is 10.7. The van der Waals surface area contributed by atoms with Gasteiger partial charge >= 0.3 is 6.18 Å². The summed E-state index contributed by atoms with van der Waals surface area (Å²) in [5.41, 5.74) is 4.92. The van der Waals surface area contributed by atoms with Gasteiger partial charge in [0.2, 0.25) is 8.32 Å². The number of benzene rings is 1. The molecule has 0 saturated heterocycles. The van der Waals surface area contributed by atoms with Gasteiger partial charge in [-0.05, 0) is 41.9 Å². The summed E-state index contributed by atoms with van der Waals surface area (Å²) in [5.74, 6) is 0.513. The van der Waals surface area contributed by atoms with Gasteiger partial charge in [-0.2, -0.15) is 13.2 Å².